The van der Waals surface area contributed by atoms with E-state index >= 15 is 0 Å². The number of rotatable bonds is 1. The summed E-state index contributed by atoms with van der Waals surface area (Å²) in [5.74, 6) is -0.896. The summed E-state index contributed by atoms with van der Waals surface area (Å²) in [5.41, 5.74) is 5.25. The predicted molar refractivity (Wildman–Crippen MR) is 30.3 cm³/mol. The van der Waals surface area contributed by atoms with Crippen molar-refractivity contribution in [1.82, 2.24) is 16.2 Å². The Hall–Kier alpha value is -0.650. The third-order valence-electron chi connectivity index (χ3n) is 1.11. The molecule has 9 heavy (non-hydrogen) atoms. The summed E-state index contributed by atoms with van der Waals surface area (Å²) < 4.78 is 0. The van der Waals surface area contributed by atoms with E-state index in [9.17, 15) is 4.79 Å². The highest BCUT2D eigenvalue weighted by molar-refractivity contribution is 5.73. The van der Waals surface area contributed by atoms with Crippen LogP contribution in [0.4, 0.5) is 0 Å². The second-order valence-corrected chi connectivity index (χ2v) is 1.95. The SMILES string of the molecule is CC1NNC(C(=O)O)N1. The fourth-order valence-electron chi connectivity index (χ4n) is 0.675. The Balaban J connectivity index is 2.39. The maximum atomic E-state index is 10.2. The summed E-state index contributed by atoms with van der Waals surface area (Å²) in [4.78, 5) is 10.2. The fourth-order valence-corrected chi connectivity index (χ4v) is 0.675. The van der Waals surface area contributed by atoms with Gasteiger partial charge in [-0.05, 0) is 6.92 Å². The number of nitrogens with one attached hydrogen (secondary N) is 3. The van der Waals surface area contributed by atoms with E-state index in [0.29, 0.717) is 0 Å². The minimum Gasteiger partial charge on any atom is -0.479 e. The standard InChI is InChI=1S/C4H9N3O2/c1-2-5-3(4(8)9)7-6-2/h2-3,5-7H,1H3,(H,8,9). The molecule has 0 amide bonds. The van der Waals surface area contributed by atoms with Crippen LogP contribution in [0.25, 0.3) is 0 Å². The van der Waals surface area contributed by atoms with Crippen molar-refractivity contribution in [2.75, 3.05) is 0 Å². The highest BCUT2D eigenvalue weighted by Gasteiger charge is 2.24. The Labute approximate surface area is 52.4 Å². The molecule has 1 aliphatic heterocycles. The molecule has 0 aromatic heterocycles. The van der Waals surface area contributed by atoms with Gasteiger partial charge in [-0.1, -0.05) is 0 Å². The van der Waals surface area contributed by atoms with E-state index in [-0.39, 0.29) is 6.17 Å². The summed E-state index contributed by atoms with van der Waals surface area (Å²) in [6.45, 7) is 1.83. The van der Waals surface area contributed by atoms with Gasteiger partial charge in [0.1, 0.15) is 0 Å². The first-order valence-electron chi connectivity index (χ1n) is 2.70. The minimum atomic E-state index is -0.896. The van der Waals surface area contributed by atoms with Crippen LogP contribution in [0.15, 0.2) is 0 Å². The van der Waals surface area contributed by atoms with E-state index in [1.165, 1.54) is 0 Å². The highest BCUT2D eigenvalue weighted by Crippen LogP contribution is 1.86. The smallest absolute Gasteiger partial charge is 0.336 e. The zero-order valence-corrected chi connectivity index (χ0v) is 5.01. The molecule has 4 N–H and O–H groups in total. The molecule has 0 radical (unpaired) electrons. The van der Waals surface area contributed by atoms with Crippen molar-refractivity contribution >= 4 is 5.97 Å². The van der Waals surface area contributed by atoms with Crippen LogP contribution in [0.3, 0.4) is 0 Å². The summed E-state index contributed by atoms with van der Waals surface area (Å²) >= 11 is 0. The van der Waals surface area contributed by atoms with Gasteiger partial charge in [0.15, 0.2) is 6.17 Å². The van der Waals surface area contributed by atoms with Crippen LogP contribution in [-0.4, -0.2) is 23.4 Å². The molecule has 0 aliphatic carbocycles. The summed E-state index contributed by atoms with van der Waals surface area (Å²) in [7, 11) is 0. The number of aliphatic carboxylic acids is 1. The van der Waals surface area contributed by atoms with Gasteiger partial charge in [0.05, 0.1) is 6.17 Å². The first-order valence-corrected chi connectivity index (χ1v) is 2.70. The Morgan fingerprint density at radius 3 is 2.44 bits per heavy atom. The van der Waals surface area contributed by atoms with Crippen molar-refractivity contribution < 1.29 is 9.90 Å². The van der Waals surface area contributed by atoms with Crippen LogP contribution in [0.1, 0.15) is 6.92 Å². The van der Waals surface area contributed by atoms with Crippen molar-refractivity contribution in [3.05, 3.63) is 0 Å². The van der Waals surface area contributed by atoms with Gasteiger partial charge >= 0.3 is 5.97 Å². The van der Waals surface area contributed by atoms with E-state index in [2.05, 4.69) is 16.2 Å². The Kier molecular flexibility index (Phi) is 1.65. The number of carbonyl (C=O) groups is 1. The van der Waals surface area contributed by atoms with Crippen molar-refractivity contribution in [3.8, 4) is 0 Å². The van der Waals surface area contributed by atoms with E-state index in [4.69, 9.17) is 5.11 Å². The molecule has 1 fully saturated rings. The van der Waals surface area contributed by atoms with Gasteiger partial charge < -0.3 is 5.11 Å². The summed E-state index contributed by atoms with van der Waals surface area (Å²) in [5, 5.41) is 11.1. The predicted octanol–water partition coefficient (Wildman–Crippen LogP) is -1.56. The van der Waals surface area contributed by atoms with Gasteiger partial charge in [0, 0.05) is 0 Å². The monoisotopic (exact) mass is 131 g/mol. The normalized spacial score (nSPS) is 34.8. The molecule has 0 bridgehead atoms. The molecule has 0 saturated carbocycles. The third kappa shape index (κ3) is 1.38. The summed E-state index contributed by atoms with van der Waals surface area (Å²) in [6, 6.07) is 0. The van der Waals surface area contributed by atoms with Crippen LogP contribution in [-0.2, 0) is 4.79 Å². The molecule has 2 atom stereocenters. The summed E-state index contributed by atoms with van der Waals surface area (Å²) in [6.07, 6.45) is -0.633. The van der Waals surface area contributed by atoms with Gasteiger partial charge in [-0.3, -0.25) is 5.32 Å². The topological polar surface area (TPSA) is 73.4 Å². The maximum Gasteiger partial charge on any atom is 0.336 e. The van der Waals surface area contributed by atoms with Gasteiger partial charge in [0.25, 0.3) is 0 Å². The number of carboxylic acid groups (broad SMARTS) is 1. The Morgan fingerprint density at radius 2 is 2.22 bits per heavy atom. The molecule has 1 heterocycles. The van der Waals surface area contributed by atoms with E-state index < -0.39 is 12.1 Å². The lowest BCUT2D eigenvalue weighted by Crippen LogP contribution is -2.40. The molecule has 1 aliphatic rings. The Morgan fingerprint density at radius 1 is 1.56 bits per heavy atom. The molecule has 1 rings (SSSR count). The molecular weight excluding hydrogens is 122 g/mol. The van der Waals surface area contributed by atoms with Gasteiger partial charge in [-0.2, -0.15) is 0 Å². The van der Waals surface area contributed by atoms with Crippen LogP contribution < -0.4 is 16.2 Å². The van der Waals surface area contributed by atoms with E-state index in [1.807, 2.05) is 6.92 Å². The van der Waals surface area contributed by atoms with E-state index in [0.717, 1.165) is 0 Å². The lowest BCUT2D eigenvalue weighted by atomic mass is 10.5. The number of hydrazine groups is 1. The number of carboxylic acids is 1. The van der Waals surface area contributed by atoms with Gasteiger partial charge in [-0.25, -0.2) is 15.6 Å². The van der Waals surface area contributed by atoms with Crippen LogP contribution >= 0.6 is 0 Å². The quantitative estimate of drug-likeness (QED) is 0.346. The van der Waals surface area contributed by atoms with Gasteiger partial charge in [-0.15, -0.1) is 0 Å². The molecule has 0 aromatic rings. The van der Waals surface area contributed by atoms with Crippen LogP contribution in [0.2, 0.25) is 0 Å². The second kappa shape index (κ2) is 2.30. The zero-order chi connectivity index (χ0) is 6.85. The maximum absolute atomic E-state index is 10.2. The minimum absolute atomic E-state index is 0.0195. The molecule has 52 valence electrons. The fraction of sp³-hybridized carbons (Fsp3) is 0.750. The highest BCUT2D eigenvalue weighted by atomic mass is 16.4. The van der Waals surface area contributed by atoms with Crippen molar-refractivity contribution in [2.45, 2.75) is 19.3 Å². The largest absolute Gasteiger partial charge is 0.479 e. The van der Waals surface area contributed by atoms with E-state index in [1.54, 1.807) is 0 Å². The third-order valence-corrected chi connectivity index (χ3v) is 1.11. The lowest BCUT2D eigenvalue weighted by Gasteiger charge is -2.01. The van der Waals surface area contributed by atoms with Crippen molar-refractivity contribution in [3.63, 3.8) is 0 Å². The number of hydrogen-bond donors (Lipinski definition) is 4. The molecular formula is C4H9N3O2. The van der Waals surface area contributed by atoms with Crippen molar-refractivity contribution in [1.29, 1.82) is 0 Å². The lowest BCUT2D eigenvalue weighted by molar-refractivity contribution is -0.139. The first kappa shape index (κ1) is 6.47. The van der Waals surface area contributed by atoms with Gasteiger partial charge in [0.2, 0.25) is 0 Å². The Bertz CT molecular complexity index is 127. The van der Waals surface area contributed by atoms with Crippen LogP contribution in [0.5, 0.6) is 0 Å². The molecule has 1 saturated heterocycles. The number of hydrogen-bond acceptors (Lipinski definition) is 4. The first-order chi connectivity index (χ1) is 4.20. The molecule has 5 nitrogen and oxygen atoms in total. The molecule has 0 aromatic carbocycles. The molecule has 5 heteroatoms. The average molecular weight is 131 g/mol. The molecule has 2 unspecified atom stereocenters. The van der Waals surface area contributed by atoms with Crippen molar-refractivity contribution in [2.24, 2.45) is 0 Å². The average Bonchev–Trinajstić information content (AvgIpc) is 2.14. The van der Waals surface area contributed by atoms with Crippen LogP contribution in [0, 0.1) is 0 Å². The second-order valence-electron chi connectivity index (χ2n) is 1.95. The zero-order valence-electron chi connectivity index (χ0n) is 5.01. The molecule has 0 spiro atoms.